The van der Waals surface area contributed by atoms with Crippen molar-refractivity contribution in [3.63, 3.8) is 0 Å². The number of carbonyl (C=O) groups is 1. The minimum atomic E-state index is 0.684. The lowest BCUT2D eigenvalue weighted by Crippen LogP contribution is -1.95. The molecule has 0 unspecified atom stereocenters. The number of unbranched alkanes of at least 4 members (excludes halogenated alkanes) is 2. The van der Waals surface area contributed by atoms with Crippen LogP contribution < -0.4 is 0 Å². The minimum Gasteiger partial charge on any atom is -0.298 e. The maximum absolute atomic E-state index is 10.9. The Morgan fingerprint density at radius 2 is 1.87 bits per heavy atom. The second-order valence-electron chi connectivity index (χ2n) is 4.81. The van der Waals surface area contributed by atoms with Crippen LogP contribution in [0.2, 0.25) is 0 Å². The molecule has 88 valence electrons. The molecule has 0 aromatic carbocycles. The van der Waals surface area contributed by atoms with Crippen LogP contribution in [0, 0.1) is 5.92 Å². The predicted octanol–water partition coefficient (Wildman–Crippen LogP) is 4.52. The van der Waals surface area contributed by atoms with E-state index >= 15 is 0 Å². The second-order valence-corrected chi connectivity index (χ2v) is 4.81. The zero-order valence-corrected chi connectivity index (χ0v) is 10.8. The first kappa shape index (κ1) is 14.4. The lowest BCUT2D eigenvalue weighted by Gasteiger charge is -2.08. The van der Waals surface area contributed by atoms with E-state index in [-0.39, 0.29) is 0 Å². The van der Waals surface area contributed by atoms with Gasteiger partial charge in [0.15, 0.2) is 0 Å². The monoisotopic (exact) mass is 210 g/mol. The summed E-state index contributed by atoms with van der Waals surface area (Å²) in [6.45, 7) is 8.72. The van der Waals surface area contributed by atoms with Gasteiger partial charge >= 0.3 is 0 Å². The summed E-state index contributed by atoms with van der Waals surface area (Å²) in [5.41, 5.74) is 2.35. The molecule has 1 heteroatoms. The molecule has 0 bridgehead atoms. The van der Waals surface area contributed by atoms with E-state index < -0.39 is 0 Å². The summed E-state index contributed by atoms with van der Waals surface area (Å²) in [6.07, 6.45) is 7.98. The molecular formula is C14H26O. The molecule has 15 heavy (non-hydrogen) atoms. The molecule has 0 spiro atoms. The van der Waals surface area contributed by atoms with Crippen LogP contribution in [0.25, 0.3) is 0 Å². The van der Waals surface area contributed by atoms with Gasteiger partial charge in [0.2, 0.25) is 0 Å². The van der Waals surface area contributed by atoms with Gasteiger partial charge in [-0.15, -0.1) is 0 Å². The van der Waals surface area contributed by atoms with Gasteiger partial charge in [0, 0.05) is 0 Å². The third-order valence-corrected chi connectivity index (χ3v) is 2.84. The molecule has 0 rings (SSSR count). The molecule has 0 saturated carbocycles. The van der Waals surface area contributed by atoms with E-state index in [0.29, 0.717) is 5.92 Å². The van der Waals surface area contributed by atoms with Crippen molar-refractivity contribution in [2.24, 2.45) is 5.92 Å². The van der Waals surface area contributed by atoms with E-state index in [0.717, 1.165) is 31.1 Å². The normalized spacial score (nSPS) is 12.9. The molecule has 0 aliphatic rings. The van der Waals surface area contributed by atoms with Gasteiger partial charge in [0.25, 0.3) is 0 Å². The number of allylic oxidation sites excluding steroid dienone is 2. The van der Waals surface area contributed by atoms with Gasteiger partial charge in [-0.2, -0.15) is 0 Å². The number of rotatable bonds is 8. The van der Waals surface area contributed by atoms with E-state index in [9.17, 15) is 4.79 Å². The molecule has 0 aromatic rings. The number of carbonyl (C=O) groups excluding carboxylic acids is 1. The van der Waals surface area contributed by atoms with E-state index in [4.69, 9.17) is 0 Å². The Labute approximate surface area is 95.0 Å². The van der Waals surface area contributed by atoms with Crippen molar-refractivity contribution >= 4 is 6.29 Å². The highest BCUT2D eigenvalue weighted by molar-refractivity contribution is 5.74. The van der Waals surface area contributed by atoms with E-state index in [1.165, 1.54) is 24.8 Å². The van der Waals surface area contributed by atoms with Crippen LogP contribution in [0.4, 0.5) is 0 Å². The molecule has 0 heterocycles. The van der Waals surface area contributed by atoms with Crippen molar-refractivity contribution in [2.75, 3.05) is 0 Å². The summed E-state index contributed by atoms with van der Waals surface area (Å²) < 4.78 is 0. The Hall–Kier alpha value is -0.590. The lowest BCUT2D eigenvalue weighted by molar-refractivity contribution is -0.105. The lowest BCUT2D eigenvalue weighted by atomic mass is 9.97. The van der Waals surface area contributed by atoms with Gasteiger partial charge in [0.05, 0.1) is 0 Å². The van der Waals surface area contributed by atoms with E-state index in [2.05, 4.69) is 27.7 Å². The highest BCUT2D eigenvalue weighted by atomic mass is 16.1. The minimum absolute atomic E-state index is 0.684. The van der Waals surface area contributed by atoms with Crippen LogP contribution in [0.3, 0.4) is 0 Å². The van der Waals surface area contributed by atoms with Crippen molar-refractivity contribution in [1.82, 2.24) is 0 Å². The fraction of sp³-hybridized carbons (Fsp3) is 0.786. The van der Waals surface area contributed by atoms with Crippen molar-refractivity contribution in [3.05, 3.63) is 11.1 Å². The summed E-state index contributed by atoms with van der Waals surface area (Å²) >= 11 is 0. The second kappa shape index (κ2) is 8.70. The number of aldehydes is 1. The smallest absolute Gasteiger partial charge is 0.145 e. The fourth-order valence-electron chi connectivity index (χ4n) is 1.62. The predicted molar refractivity (Wildman–Crippen MR) is 67.0 cm³/mol. The third-order valence-electron chi connectivity index (χ3n) is 2.84. The molecule has 0 atom stereocenters. The van der Waals surface area contributed by atoms with Crippen LogP contribution >= 0.6 is 0 Å². The van der Waals surface area contributed by atoms with Crippen molar-refractivity contribution in [3.8, 4) is 0 Å². The first-order valence-corrected chi connectivity index (χ1v) is 6.25. The van der Waals surface area contributed by atoms with Crippen LogP contribution in [0.1, 0.15) is 66.2 Å². The van der Waals surface area contributed by atoms with Gasteiger partial charge in [-0.05, 0) is 44.1 Å². The topological polar surface area (TPSA) is 17.1 Å². The molecular weight excluding hydrogens is 184 g/mol. The van der Waals surface area contributed by atoms with Crippen LogP contribution in [0.5, 0.6) is 0 Å². The molecule has 0 saturated heterocycles. The summed E-state index contributed by atoms with van der Waals surface area (Å²) in [4.78, 5) is 10.9. The van der Waals surface area contributed by atoms with Crippen molar-refractivity contribution < 1.29 is 4.79 Å². The molecule has 0 amide bonds. The van der Waals surface area contributed by atoms with Gasteiger partial charge in [-0.1, -0.05) is 39.2 Å². The van der Waals surface area contributed by atoms with E-state index in [1.807, 2.05) is 0 Å². The number of hydrogen-bond donors (Lipinski definition) is 0. The largest absolute Gasteiger partial charge is 0.298 e. The van der Waals surface area contributed by atoms with Gasteiger partial charge < -0.3 is 0 Å². The van der Waals surface area contributed by atoms with Crippen molar-refractivity contribution in [1.29, 1.82) is 0 Å². The molecule has 1 nitrogen and oxygen atoms in total. The van der Waals surface area contributed by atoms with Gasteiger partial charge in [0.1, 0.15) is 6.29 Å². The summed E-state index contributed by atoms with van der Waals surface area (Å²) in [5.74, 6) is 0.684. The quantitative estimate of drug-likeness (QED) is 0.327. The highest BCUT2D eigenvalue weighted by Gasteiger charge is 2.03. The average Bonchev–Trinajstić information content (AvgIpc) is 2.18. The first-order chi connectivity index (χ1) is 7.11. The van der Waals surface area contributed by atoms with Crippen LogP contribution in [-0.2, 0) is 4.79 Å². The molecule has 0 aliphatic carbocycles. The summed E-state index contributed by atoms with van der Waals surface area (Å²) in [5, 5.41) is 0. The third kappa shape index (κ3) is 7.35. The van der Waals surface area contributed by atoms with Crippen LogP contribution in [-0.4, -0.2) is 6.29 Å². The zero-order chi connectivity index (χ0) is 11.7. The first-order valence-electron chi connectivity index (χ1n) is 6.25. The SMILES string of the molecule is CCCCCC(C)=C(C=O)CCC(C)C. The molecule has 0 fully saturated rings. The Morgan fingerprint density at radius 1 is 1.20 bits per heavy atom. The Bertz CT molecular complexity index is 201. The molecule has 0 aromatic heterocycles. The maximum atomic E-state index is 10.9. The molecule has 0 aliphatic heterocycles. The molecule has 0 radical (unpaired) electrons. The Morgan fingerprint density at radius 3 is 2.33 bits per heavy atom. The summed E-state index contributed by atoms with van der Waals surface area (Å²) in [6, 6.07) is 0. The average molecular weight is 210 g/mol. The maximum Gasteiger partial charge on any atom is 0.145 e. The Kier molecular flexibility index (Phi) is 8.35. The van der Waals surface area contributed by atoms with Gasteiger partial charge in [-0.3, -0.25) is 4.79 Å². The zero-order valence-electron chi connectivity index (χ0n) is 10.8. The molecule has 0 N–H and O–H groups in total. The standard InChI is InChI=1S/C14H26O/c1-5-6-7-8-13(4)14(11-15)10-9-12(2)3/h11-12H,5-10H2,1-4H3. The highest BCUT2D eigenvalue weighted by Crippen LogP contribution is 2.17. The Balaban J connectivity index is 4.07. The van der Waals surface area contributed by atoms with Gasteiger partial charge in [-0.25, -0.2) is 0 Å². The fourth-order valence-corrected chi connectivity index (χ4v) is 1.62. The van der Waals surface area contributed by atoms with Crippen molar-refractivity contribution in [2.45, 2.75) is 66.2 Å². The summed E-state index contributed by atoms with van der Waals surface area (Å²) in [7, 11) is 0. The number of hydrogen-bond acceptors (Lipinski definition) is 1. The van der Waals surface area contributed by atoms with Crippen LogP contribution in [0.15, 0.2) is 11.1 Å². The van der Waals surface area contributed by atoms with E-state index in [1.54, 1.807) is 0 Å².